The first-order chi connectivity index (χ1) is 8.34. The molecule has 2 heterocycles. The minimum absolute atomic E-state index is 0.517. The molecule has 0 aliphatic carbocycles. The Morgan fingerprint density at radius 1 is 0.941 bits per heavy atom. The van der Waals surface area contributed by atoms with Gasteiger partial charge in [0.25, 0.3) is 0 Å². The highest BCUT2D eigenvalue weighted by atomic mass is 14.8. The highest BCUT2D eigenvalue weighted by Crippen LogP contribution is 2.26. The predicted molar refractivity (Wildman–Crippen MR) is 67.2 cm³/mol. The molecule has 4 nitrogen and oxygen atoms in total. The molecular weight excluding hydrogens is 212 g/mol. The number of aromatic nitrogens is 3. The van der Waals surface area contributed by atoms with Gasteiger partial charge in [0.1, 0.15) is 12.1 Å². The van der Waals surface area contributed by atoms with Crippen LogP contribution in [-0.2, 0) is 0 Å². The van der Waals surface area contributed by atoms with Gasteiger partial charge in [0.2, 0.25) is 0 Å². The summed E-state index contributed by atoms with van der Waals surface area (Å²) in [7, 11) is 0. The Kier molecular flexibility index (Phi) is 2.19. The highest BCUT2D eigenvalue weighted by molar-refractivity contribution is 5.92. The lowest BCUT2D eigenvalue weighted by atomic mass is 10.0. The van der Waals surface area contributed by atoms with E-state index in [-0.39, 0.29) is 0 Å². The maximum atomic E-state index is 5.58. The first-order valence-corrected chi connectivity index (χ1v) is 5.25. The highest BCUT2D eigenvalue weighted by Gasteiger charge is 2.04. The number of fused-ring (bicyclic) bond motifs is 1. The quantitative estimate of drug-likeness (QED) is 0.686. The summed E-state index contributed by atoms with van der Waals surface area (Å²) in [5.74, 6) is 0.517. The molecule has 4 heteroatoms. The van der Waals surface area contributed by atoms with Crippen molar-refractivity contribution in [3.63, 3.8) is 0 Å². The standard InChI is InChI=1S/C13H10N4/c14-12-5-4-9(7-16-12)11-3-1-2-10-6-15-8-17-13(10)11/h1-8H,(H2,14,16). The number of para-hydroxylation sites is 1. The van der Waals surface area contributed by atoms with E-state index in [9.17, 15) is 0 Å². The van der Waals surface area contributed by atoms with Crippen LogP contribution in [0.3, 0.4) is 0 Å². The summed E-state index contributed by atoms with van der Waals surface area (Å²) in [6.07, 6.45) is 5.11. The first-order valence-electron chi connectivity index (χ1n) is 5.25. The molecule has 0 aliphatic heterocycles. The van der Waals surface area contributed by atoms with Crippen LogP contribution in [0.4, 0.5) is 5.82 Å². The molecule has 0 spiro atoms. The summed E-state index contributed by atoms with van der Waals surface area (Å²) in [5, 5.41) is 1.02. The number of hydrogen-bond acceptors (Lipinski definition) is 4. The molecule has 0 aliphatic rings. The molecule has 0 unspecified atom stereocenters. The van der Waals surface area contributed by atoms with Crippen LogP contribution in [0.5, 0.6) is 0 Å². The molecular formula is C13H10N4. The topological polar surface area (TPSA) is 64.7 Å². The van der Waals surface area contributed by atoms with E-state index in [4.69, 9.17) is 5.73 Å². The number of anilines is 1. The normalized spacial score (nSPS) is 10.6. The molecule has 0 radical (unpaired) electrons. The maximum absolute atomic E-state index is 5.58. The van der Waals surface area contributed by atoms with Gasteiger partial charge in [-0.15, -0.1) is 0 Å². The second-order valence-corrected chi connectivity index (χ2v) is 3.74. The number of pyridine rings is 1. The number of hydrogen-bond donors (Lipinski definition) is 1. The zero-order valence-electron chi connectivity index (χ0n) is 9.04. The van der Waals surface area contributed by atoms with Crippen LogP contribution in [0.2, 0.25) is 0 Å². The van der Waals surface area contributed by atoms with E-state index in [0.717, 1.165) is 22.0 Å². The van der Waals surface area contributed by atoms with Crippen LogP contribution < -0.4 is 5.73 Å². The van der Waals surface area contributed by atoms with Crippen molar-refractivity contribution < 1.29 is 0 Å². The van der Waals surface area contributed by atoms with Crippen LogP contribution in [0.25, 0.3) is 22.0 Å². The molecule has 2 aromatic heterocycles. The van der Waals surface area contributed by atoms with Gasteiger partial charge in [-0.05, 0) is 12.1 Å². The zero-order chi connectivity index (χ0) is 11.7. The van der Waals surface area contributed by atoms with Crippen LogP contribution in [0, 0.1) is 0 Å². The van der Waals surface area contributed by atoms with Gasteiger partial charge in [-0.2, -0.15) is 0 Å². The zero-order valence-corrected chi connectivity index (χ0v) is 9.04. The van der Waals surface area contributed by atoms with Gasteiger partial charge in [-0.3, -0.25) is 0 Å². The van der Waals surface area contributed by atoms with Crippen LogP contribution in [0.15, 0.2) is 49.1 Å². The molecule has 1 aromatic carbocycles. The number of benzene rings is 1. The third-order valence-corrected chi connectivity index (χ3v) is 2.63. The van der Waals surface area contributed by atoms with E-state index in [0.29, 0.717) is 5.82 Å². The van der Waals surface area contributed by atoms with Gasteiger partial charge in [0.15, 0.2) is 0 Å². The molecule has 3 rings (SSSR count). The lowest BCUT2D eigenvalue weighted by molar-refractivity contribution is 1.22. The van der Waals surface area contributed by atoms with E-state index in [1.807, 2.05) is 24.3 Å². The third kappa shape index (κ3) is 1.69. The Hall–Kier alpha value is -2.49. The number of nitrogens with two attached hydrogens (primary N) is 1. The number of nitrogens with zero attached hydrogens (tertiary/aromatic N) is 3. The van der Waals surface area contributed by atoms with Gasteiger partial charge in [0.05, 0.1) is 5.52 Å². The molecule has 2 N–H and O–H groups in total. The molecule has 82 valence electrons. The summed E-state index contributed by atoms with van der Waals surface area (Å²) in [6.45, 7) is 0. The van der Waals surface area contributed by atoms with Crippen LogP contribution in [-0.4, -0.2) is 15.0 Å². The Morgan fingerprint density at radius 2 is 1.88 bits per heavy atom. The smallest absolute Gasteiger partial charge is 0.123 e. The molecule has 3 aromatic rings. The monoisotopic (exact) mass is 222 g/mol. The van der Waals surface area contributed by atoms with E-state index in [2.05, 4.69) is 15.0 Å². The number of rotatable bonds is 1. The minimum atomic E-state index is 0.517. The Morgan fingerprint density at radius 3 is 2.71 bits per heavy atom. The lowest BCUT2D eigenvalue weighted by Gasteiger charge is -2.05. The summed E-state index contributed by atoms with van der Waals surface area (Å²) in [6, 6.07) is 9.72. The lowest BCUT2D eigenvalue weighted by Crippen LogP contribution is -1.90. The predicted octanol–water partition coefficient (Wildman–Crippen LogP) is 2.27. The van der Waals surface area contributed by atoms with Crippen molar-refractivity contribution in [2.45, 2.75) is 0 Å². The van der Waals surface area contributed by atoms with Crippen molar-refractivity contribution in [3.8, 4) is 11.1 Å². The van der Waals surface area contributed by atoms with E-state index in [1.165, 1.54) is 0 Å². The minimum Gasteiger partial charge on any atom is -0.384 e. The molecule has 0 bridgehead atoms. The van der Waals surface area contributed by atoms with Gasteiger partial charge < -0.3 is 5.73 Å². The van der Waals surface area contributed by atoms with Gasteiger partial charge >= 0.3 is 0 Å². The van der Waals surface area contributed by atoms with Crippen molar-refractivity contribution >= 4 is 16.7 Å². The average Bonchev–Trinajstić information content (AvgIpc) is 2.39. The van der Waals surface area contributed by atoms with Crippen molar-refractivity contribution in [2.24, 2.45) is 0 Å². The van der Waals surface area contributed by atoms with Gasteiger partial charge in [-0.25, -0.2) is 15.0 Å². The summed E-state index contributed by atoms with van der Waals surface area (Å²) >= 11 is 0. The Labute approximate surface area is 98.2 Å². The van der Waals surface area contributed by atoms with Crippen LogP contribution in [0.1, 0.15) is 0 Å². The maximum Gasteiger partial charge on any atom is 0.123 e. The second kappa shape index (κ2) is 3.83. The van der Waals surface area contributed by atoms with E-state index >= 15 is 0 Å². The summed E-state index contributed by atoms with van der Waals surface area (Å²) in [5.41, 5.74) is 8.55. The van der Waals surface area contributed by atoms with E-state index in [1.54, 1.807) is 24.8 Å². The van der Waals surface area contributed by atoms with Crippen LogP contribution >= 0.6 is 0 Å². The van der Waals surface area contributed by atoms with Crippen molar-refractivity contribution in [1.29, 1.82) is 0 Å². The van der Waals surface area contributed by atoms with Gasteiger partial charge in [-0.1, -0.05) is 18.2 Å². The third-order valence-electron chi connectivity index (χ3n) is 2.63. The second-order valence-electron chi connectivity index (χ2n) is 3.74. The first kappa shape index (κ1) is 9.72. The van der Waals surface area contributed by atoms with Crippen molar-refractivity contribution in [1.82, 2.24) is 15.0 Å². The molecule has 0 saturated carbocycles. The Balaban J connectivity index is 2.27. The summed E-state index contributed by atoms with van der Waals surface area (Å²) in [4.78, 5) is 12.4. The van der Waals surface area contributed by atoms with Crippen molar-refractivity contribution in [3.05, 3.63) is 49.1 Å². The molecule has 0 atom stereocenters. The SMILES string of the molecule is Nc1ccc(-c2cccc3cncnc23)cn1. The fourth-order valence-electron chi connectivity index (χ4n) is 1.81. The summed E-state index contributed by atoms with van der Waals surface area (Å²) < 4.78 is 0. The van der Waals surface area contributed by atoms with Crippen molar-refractivity contribution in [2.75, 3.05) is 5.73 Å². The Bertz CT molecular complexity index is 656. The fourth-order valence-corrected chi connectivity index (χ4v) is 1.81. The largest absolute Gasteiger partial charge is 0.384 e. The van der Waals surface area contributed by atoms with Gasteiger partial charge in [0, 0.05) is 28.9 Å². The molecule has 0 saturated heterocycles. The molecule has 0 fully saturated rings. The average molecular weight is 222 g/mol. The fraction of sp³-hybridized carbons (Fsp3) is 0. The molecule has 17 heavy (non-hydrogen) atoms. The van der Waals surface area contributed by atoms with E-state index < -0.39 is 0 Å². The number of nitrogen functional groups attached to an aromatic ring is 1. The molecule has 0 amide bonds.